The van der Waals surface area contributed by atoms with Crippen molar-refractivity contribution in [2.24, 2.45) is 5.41 Å². The van der Waals surface area contributed by atoms with Crippen molar-refractivity contribution in [3.8, 4) is 0 Å². The average molecular weight is 295 g/mol. The number of amides is 2. The van der Waals surface area contributed by atoms with Gasteiger partial charge in [0.1, 0.15) is 6.04 Å². The van der Waals surface area contributed by atoms with E-state index in [1.807, 2.05) is 25.7 Å². The molecular formula is C16H29N3O2. The molecule has 0 saturated carbocycles. The molecule has 0 radical (unpaired) electrons. The van der Waals surface area contributed by atoms with Crippen LogP contribution in [0.25, 0.3) is 0 Å². The van der Waals surface area contributed by atoms with E-state index in [0.29, 0.717) is 19.0 Å². The minimum atomic E-state index is -0.414. The molecule has 2 rings (SSSR count). The van der Waals surface area contributed by atoms with Gasteiger partial charge >= 0.3 is 0 Å². The standard InChI is InChI=1S/C16H29N3O2/c1-11-10-12(6-8-18(11)5)19-9-7-13(20)17-14(15(19)21)16(2,3)4/h11-12,14H,6-10H2,1-5H3,(H,17,20). The normalized spacial score (nSPS) is 32.8. The van der Waals surface area contributed by atoms with E-state index in [1.54, 1.807) is 0 Å². The third-order valence-corrected chi connectivity index (χ3v) is 4.90. The van der Waals surface area contributed by atoms with E-state index in [2.05, 4.69) is 24.2 Å². The van der Waals surface area contributed by atoms with E-state index in [4.69, 9.17) is 0 Å². The quantitative estimate of drug-likeness (QED) is 0.792. The van der Waals surface area contributed by atoms with E-state index >= 15 is 0 Å². The highest BCUT2D eigenvalue weighted by Crippen LogP contribution is 2.27. The predicted octanol–water partition coefficient (Wildman–Crippen LogP) is 1.23. The highest BCUT2D eigenvalue weighted by Gasteiger charge is 2.41. The minimum Gasteiger partial charge on any atom is -0.344 e. The first-order valence-electron chi connectivity index (χ1n) is 8.00. The largest absolute Gasteiger partial charge is 0.344 e. The van der Waals surface area contributed by atoms with Gasteiger partial charge in [-0.2, -0.15) is 0 Å². The summed E-state index contributed by atoms with van der Waals surface area (Å²) in [5.41, 5.74) is -0.258. The summed E-state index contributed by atoms with van der Waals surface area (Å²) in [5, 5.41) is 2.92. The van der Waals surface area contributed by atoms with Crippen LogP contribution in [0.5, 0.6) is 0 Å². The number of carbonyl (C=O) groups excluding carboxylic acids is 2. The number of nitrogens with one attached hydrogen (secondary N) is 1. The van der Waals surface area contributed by atoms with E-state index in [1.165, 1.54) is 0 Å². The highest BCUT2D eigenvalue weighted by atomic mass is 16.2. The van der Waals surface area contributed by atoms with Crippen LogP contribution < -0.4 is 5.32 Å². The lowest BCUT2D eigenvalue weighted by molar-refractivity contribution is -0.139. The first kappa shape index (κ1) is 16.3. The highest BCUT2D eigenvalue weighted by molar-refractivity contribution is 5.90. The van der Waals surface area contributed by atoms with Gasteiger partial charge in [0.25, 0.3) is 0 Å². The van der Waals surface area contributed by atoms with Crippen LogP contribution in [-0.4, -0.2) is 59.9 Å². The van der Waals surface area contributed by atoms with Gasteiger partial charge in [-0.15, -0.1) is 0 Å². The van der Waals surface area contributed by atoms with E-state index in [0.717, 1.165) is 19.4 Å². The van der Waals surface area contributed by atoms with Crippen LogP contribution >= 0.6 is 0 Å². The Morgan fingerprint density at radius 2 is 1.86 bits per heavy atom. The zero-order valence-electron chi connectivity index (χ0n) is 14.0. The van der Waals surface area contributed by atoms with Crippen molar-refractivity contribution < 1.29 is 9.59 Å². The smallest absolute Gasteiger partial charge is 0.245 e. The van der Waals surface area contributed by atoms with Crippen molar-refractivity contribution in [3.63, 3.8) is 0 Å². The van der Waals surface area contributed by atoms with Crippen molar-refractivity contribution in [1.82, 2.24) is 15.1 Å². The number of likely N-dealkylation sites (tertiary alicyclic amines) is 1. The average Bonchev–Trinajstić information content (AvgIpc) is 2.52. The minimum absolute atomic E-state index is 0.00764. The summed E-state index contributed by atoms with van der Waals surface area (Å²) in [6.45, 7) is 9.80. The number of hydrogen-bond acceptors (Lipinski definition) is 3. The lowest BCUT2D eigenvalue weighted by Gasteiger charge is -2.42. The van der Waals surface area contributed by atoms with Crippen LogP contribution in [0.1, 0.15) is 47.0 Å². The van der Waals surface area contributed by atoms with Crippen molar-refractivity contribution in [3.05, 3.63) is 0 Å². The van der Waals surface area contributed by atoms with Crippen molar-refractivity contribution in [1.29, 1.82) is 0 Å². The molecule has 120 valence electrons. The van der Waals surface area contributed by atoms with Gasteiger partial charge in [-0.05, 0) is 32.2 Å². The zero-order valence-corrected chi connectivity index (χ0v) is 14.0. The fourth-order valence-electron chi connectivity index (χ4n) is 3.29. The SMILES string of the molecule is CC1CC(N2CCC(=O)NC(C(C)(C)C)C2=O)CCN1C. The first-order valence-corrected chi connectivity index (χ1v) is 8.00. The molecule has 0 aliphatic carbocycles. The Balaban J connectivity index is 2.18. The molecule has 5 nitrogen and oxygen atoms in total. The number of rotatable bonds is 1. The van der Waals surface area contributed by atoms with Gasteiger partial charge in [0.2, 0.25) is 11.8 Å². The summed E-state index contributed by atoms with van der Waals surface area (Å²) >= 11 is 0. The summed E-state index contributed by atoms with van der Waals surface area (Å²) in [6.07, 6.45) is 2.41. The molecule has 0 bridgehead atoms. The van der Waals surface area contributed by atoms with Gasteiger partial charge in [0.05, 0.1) is 0 Å². The summed E-state index contributed by atoms with van der Waals surface area (Å²) < 4.78 is 0. The predicted molar refractivity (Wildman–Crippen MR) is 82.8 cm³/mol. The lowest BCUT2D eigenvalue weighted by Crippen LogP contribution is -2.56. The third kappa shape index (κ3) is 3.57. The van der Waals surface area contributed by atoms with Gasteiger partial charge in [-0.1, -0.05) is 20.8 Å². The molecule has 2 aliphatic heterocycles. The molecule has 2 aliphatic rings. The molecule has 3 atom stereocenters. The Morgan fingerprint density at radius 3 is 2.43 bits per heavy atom. The zero-order chi connectivity index (χ0) is 15.8. The molecular weight excluding hydrogens is 266 g/mol. The van der Waals surface area contributed by atoms with Gasteiger partial charge in [0.15, 0.2) is 0 Å². The van der Waals surface area contributed by atoms with Crippen LogP contribution in [0.3, 0.4) is 0 Å². The van der Waals surface area contributed by atoms with Crippen LogP contribution in [0.4, 0.5) is 0 Å². The second kappa shape index (κ2) is 5.95. The van der Waals surface area contributed by atoms with E-state index < -0.39 is 6.04 Å². The number of carbonyl (C=O) groups is 2. The number of piperidine rings is 1. The molecule has 3 unspecified atom stereocenters. The molecule has 2 heterocycles. The second-order valence-corrected chi connectivity index (χ2v) is 7.66. The van der Waals surface area contributed by atoms with Crippen molar-refractivity contribution in [2.45, 2.75) is 65.1 Å². The van der Waals surface area contributed by atoms with Crippen LogP contribution in [0.2, 0.25) is 0 Å². The summed E-state index contributed by atoms with van der Waals surface area (Å²) in [7, 11) is 2.13. The Hall–Kier alpha value is -1.10. The Kier molecular flexibility index (Phi) is 4.61. The topological polar surface area (TPSA) is 52.7 Å². The molecule has 2 saturated heterocycles. The van der Waals surface area contributed by atoms with Gasteiger partial charge in [0, 0.05) is 31.6 Å². The molecule has 2 amide bonds. The molecule has 1 N–H and O–H groups in total. The molecule has 0 aromatic carbocycles. The Morgan fingerprint density at radius 1 is 1.19 bits per heavy atom. The van der Waals surface area contributed by atoms with Gasteiger partial charge in [-0.25, -0.2) is 0 Å². The molecule has 5 heteroatoms. The molecule has 2 fully saturated rings. The third-order valence-electron chi connectivity index (χ3n) is 4.90. The summed E-state index contributed by atoms with van der Waals surface area (Å²) in [4.78, 5) is 29.2. The summed E-state index contributed by atoms with van der Waals surface area (Å²) in [5.74, 6) is 0.0851. The van der Waals surface area contributed by atoms with E-state index in [-0.39, 0.29) is 23.3 Å². The first-order chi connectivity index (χ1) is 9.70. The molecule has 21 heavy (non-hydrogen) atoms. The maximum absolute atomic E-state index is 12.9. The Bertz CT molecular complexity index is 416. The maximum atomic E-state index is 12.9. The van der Waals surface area contributed by atoms with Crippen LogP contribution in [0, 0.1) is 5.41 Å². The van der Waals surface area contributed by atoms with Crippen molar-refractivity contribution in [2.75, 3.05) is 20.1 Å². The van der Waals surface area contributed by atoms with Gasteiger partial charge in [-0.3, -0.25) is 9.59 Å². The van der Waals surface area contributed by atoms with Crippen LogP contribution in [0.15, 0.2) is 0 Å². The Labute approximate surface area is 128 Å². The molecule has 0 spiro atoms. The van der Waals surface area contributed by atoms with Crippen molar-refractivity contribution >= 4 is 11.8 Å². The second-order valence-electron chi connectivity index (χ2n) is 7.66. The monoisotopic (exact) mass is 295 g/mol. The van der Waals surface area contributed by atoms with Gasteiger partial charge < -0.3 is 15.1 Å². The van der Waals surface area contributed by atoms with E-state index in [9.17, 15) is 9.59 Å². The summed E-state index contributed by atoms with van der Waals surface area (Å²) in [6, 6.07) is 0.334. The fraction of sp³-hybridized carbons (Fsp3) is 0.875. The fourth-order valence-corrected chi connectivity index (χ4v) is 3.29. The van der Waals surface area contributed by atoms with Crippen LogP contribution in [-0.2, 0) is 9.59 Å². The lowest BCUT2D eigenvalue weighted by atomic mass is 9.85. The molecule has 0 aromatic heterocycles. The number of hydrogen-bond donors (Lipinski definition) is 1. The maximum Gasteiger partial charge on any atom is 0.245 e. The molecule has 0 aromatic rings. The number of nitrogens with zero attached hydrogens (tertiary/aromatic N) is 2.